The van der Waals surface area contributed by atoms with Crippen LogP contribution in [0.3, 0.4) is 0 Å². The van der Waals surface area contributed by atoms with Crippen LogP contribution in [-0.4, -0.2) is 15.0 Å². The van der Waals surface area contributed by atoms with E-state index in [2.05, 4.69) is 25.6 Å². The first-order valence-corrected chi connectivity index (χ1v) is 8.28. The van der Waals surface area contributed by atoms with Gasteiger partial charge in [0.05, 0.1) is 27.4 Å². The Labute approximate surface area is 163 Å². The Kier molecular flexibility index (Phi) is 5.28. The molecule has 3 aromatic rings. The summed E-state index contributed by atoms with van der Waals surface area (Å²) in [5.41, 5.74) is 7.36. The predicted molar refractivity (Wildman–Crippen MR) is 103 cm³/mol. The van der Waals surface area contributed by atoms with Crippen molar-refractivity contribution in [1.29, 1.82) is 5.26 Å². The van der Waals surface area contributed by atoms with Crippen molar-refractivity contribution in [1.82, 2.24) is 15.0 Å². The molecule has 0 amide bonds. The fourth-order valence-corrected chi connectivity index (χ4v) is 2.95. The van der Waals surface area contributed by atoms with Gasteiger partial charge in [-0.25, -0.2) is 0 Å². The van der Waals surface area contributed by atoms with Gasteiger partial charge < -0.3 is 16.4 Å². The van der Waals surface area contributed by atoms with E-state index in [4.69, 9.17) is 45.8 Å². The van der Waals surface area contributed by atoms with Crippen LogP contribution in [0.5, 0.6) is 0 Å². The summed E-state index contributed by atoms with van der Waals surface area (Å²) in [5, 5.41) is 15.7. The zero-order valence-corrected chi connectivity index (χ0v) is 15.2. The van der Waals surface area contributed by atoms with Crippen LogP contribution < -0.4 is 16.4 Å². The Morgan fingerprint density at radius 2 is 1.46 bits per heavy atom. The van der Waals surface area contributed by atoms with Crippen LogP contribution in [0.25, 0.3) is 0 Å². The van der Waals surface area contributed by atoms with Crippen LogP contribution in [0.1, 0.15) is 5.56 Å². The van der Waals surface area contributed by atoms with Crippen molar-refractivity contribution in [3.8, 4) is 6.07 Å². The first kappa shape index (κ1) is 18.0. The molecule has 0 fully saturated rings. The van der Waals surface area contributed by atoms with E-state index in [0.717, 1.165) is 0 Å². The molecule has 26 heavy (non-hydrogen) atoms. The summed E-state index contributed by atoms with van der Waals surface area (Å²) in [4.78, 5) is 12.3. The Hall–Kier alpha value is -2.79. The molecule has 0 aliphatic carbocycles. The number of nitrogens with two attached hydrogens (primary N) is 1. The number of nitrogen functional groups attached to an aromatic ring is 1. The van der Waals surface area contributed by atoms with Crippen LogP contribution in [0.2, 0.25) is 15.1 Å². The second-order valence-electron chi connectivity index (χ2n) is 5.02. The molecule has 1 heterocycles. The van der Waals surface area contributed by atoms with Gasteiger partial charge in [-0.3, -0.25) is 0 Å². The minimum absolute atomic E-state index is 0.000136. The minimum atomic E-state index is -0.000136. The lowest BCUT2D eigenvalue weighted by Crippen LogP contribution is -2.07. The van der Waals surface area contributed by atoms with Gasteiger partial charge >= 0.3 is 0 Å². The molecule has 7 nitrogen and oxygen atoms in total. The number of halogens is 3. The molecule has 0 unspecified atom stereocenters. The molecule has 4 N–H and O–H groups in total. The molecule has 2 aromatic carbocycles. The zero-order valence-electron chi connectivity index (χ0n) is 13.0. The maximum atomic E-state index is 8.84. The summed E-state index contributed by atoms with van der Waals surface area (Å²) in [6.45, 7) is 0. The van der Waals surface area contributed by atoms with Crippen molar-refractivity contribution in [2.45, 2.75) is 0 Å². The standard InChI is InChI=1S/C16H10Cl3N7/c17-9-5-11(18)13(12(19)6-9)23-16-25-14(21)24-15(26-16)22-10-3-1-8(7-20)2-4-10/h1-6H,(H4,21,22,23,24,25,26). The van der Waals surface area contributed by atoms with Crippen LogP contribution in [-0.2, 0) is 0 Å². The second kappa shape index (κ2) is 7.62. The summed E-state index contributed by atoms with van der Waals surface area (Å²) in [6.07, 6.45) is 0. The molecule has 0 radical (unpaired) electrons. The van der Waals surface area contributed by atoms with E-state index in [1.807, 2.05) is 6.07 Å². The van der Waals surface area contributed by atoms with Crippen molar-refractivity contribution in [3.63, 3.8) is 0 Å². The van der Waals surface area contributed by atoms with Gasteiger partial charge in [0.2, 0.25) is 17.8 Å². The van der Waals surface area contributed by atoms with Gasteiger partial charge in [0.1, 0.15) is 0 Å². The van der Waals surface area contributed by atoms with Gasteiger partial charge in [-0.1, -0.05) is 34.8 Å². The fourth-order valence-electron chi connectivity index (χ4n) is 2.03. The summed E-state index contributed by atoms with van der Waals surface area (Å²) < 4.78 is 0. The maximum Gasteiger partial charge on any atom is 0.233 e. The predicted octanol–water partition coefficient (Wildman–Crippen LogP) is 4.77. The molecule has 0 aliphatic rings. The van der Waals surface area contributed by atoms with Gasteiger partial charge in [0.25, 0.3) is 0 Å². The SMILES string of the molecule is N#Cc1ccc(Nc2nc(N)nc(Nc3c(Cl)cc(Cl)cc3Cl)n2)cc1. The minimum Gasteiger partial charge on any atom is -0.368 e. The molecule has 10 heteroatoms. The molecule has 0 spiro atoms. The number of benzene rings is 2. The molecular weight excluding hydrogens is 397 g/mol. The Balaban J connectivity index is 1.87. The highest BCUT2D eigenvalue weighted by Crippen LogP contribution is 2.35. The van der Waals surface area contributed by atoms with Crippen LogP contribution in [0.4, 0.5) is 29.2 Å². The number of hydrogen-bond acceptors (Lipinski definition) is 7. The largest absolute Gasteiger partial charge is 0.368 e. The number of nitrogens with one attached hydrogen (secondary N) is 2. The first-order valence-electron chi connectivity index (χ1n) is 7.15. The molecule has 0 saturated carbocycles. The Morgan fingerprint density at radius 3 is 2.04 bits per heavy atom. The van der Waals surface area contributed by atoms with Gasteiger partial charge in [-0.05, 0) is 36.4 Å². The molecule has 130 valence electrons. The second-order valence-corrected chi connectivity index (χ2v) is 6.28. The van der Waals surface area contributed by atoms with Crippen molar-refractivity contribution in [2.24, 2.45) is 0 Å². The van der Waals surface area contributed by atoms with Crippen molar-refractivity contribution >= 4 is 64.0 Å². The topological polar surface area (TPSA) is 113 Å². The molecule has 1 aromatic heterocycles. The average molecular weight is 407 g/mol. The zero-order chi connectivity index (χ0) is 18.7. The third-order valence-corrected chi connectivity index (χ3v) is 3.98. The van der Waals surface area contributed by atoms with Gasteiger partial charge in [-0.15, -0.1) is 0 Å². The molecule has 0 bridgehead atoms. The van der Waals surface area contributed by atoms with Crippen LogP contribution in [0, 0.1) is 11.3 Å². The third-order valence-electron chi connectivity index (χ3n) is 3.17. The highest BCUT2D eigenvalue weighted by Gasteiger charge is 2.11. The monoisotopic (exact) mass is 405 g/mol. The Bertz CT molecular complexity index is 977. The molecule has 0 aliphatic heterocycles. The number of nitriles is 1. The lowest BCUT2D eigenvalue weighted by molar-refractivity contribution is 1.07. The summed E-state index contributed by atoms with van der Waals surface area (Å²) in [6, 6.07) is 11.9. The van der Waals surface area contributed by atoms with Crippen LogP contribution >= 0.6 is 34.8 Å². The van der Waals surface area contributed by atoms with E-state index in [0.29, 0.717) is 32.0 Å². The van der Waals surface area contributed by atoms with E-state index < -0.39 is 0 Å². The van der Waals surface area contributed by atoms with E-state index in [1.54, 1.807) is 24.3 Å². The number of nitrogens with zero attached hydrogens (tertiary/aromatic N) is 4. The summed E-state index contributed by atoms with van der Waals surface area (Å²) >= 11 is 18.2. The molecule has 0 saturated heterocycles. The van der Waals surface area contributed by atoms with Crippen molar-refractivity contribution < 1.29 is 0 Å². The van der Waals surface area contributed by atoms with Gasteiger partial charge in [0, 0.05) is 10.7 Å². The van der Waals surface area contributed by atoms with Gasteiger partial charge in [0.15, 0.2) is 0 Å². The smallest absolute Gasteiger partial charge is 0.233 e. The third kappa shape index (κ3) is 4.24. The van der Waals surface area contributed by atoms with E-state index in [9.17, 15) is 0 Å². The van der Waals surface area contributed by atoms with E-state index in [1.165, 1.54) is 12.1 Å². The number of anilines is 5. The van der Waals surface area contributed by atoms with E-state index >= 15 is 0 Å². The average Bonchev–Trinajstić information content (AvgIpc) is 2.58. The first-order chi connectivity index (χ1) is 12.4. The molecule has 3 rings (SSSR count). The highest BCUT2D eigenvalue weighted by atomic mass is 35.5. The van der Waals surface area contributed by atoms with Crippen molar-refractivity contribution in [3.05, 3.63) is 57.0 Å². The number of hydrogen-bond donors (Lipinski definition) is 3. The maximum absolute atomic E-state index is 8.84. The van der Waals surface area contributed by atoms with Crippen molar-refractivity contribution in [2.75, 3.05) is 16.4 Å². The highest BCUT2D eigenvalue weighted by molar-refractivity contribution is 6.41. The summed E-state index contributed by atoms with van der Waals surface area (Å²) in [5.74, 6) is 0.366. The fraction of sp³-hybridized carbons (Fsp3) is 0. The normalized spacial score (nSPS) is 10.2. The number of rotatable bonds is 4. The molecule has 0 atom stereocenters. The molecular formula is C16H10Cl3N7. The van der Waals surface area contributed by atoms with Crippen LogP contribution in [0.15, 0.2) is 36.4 Å². The van der Waals surface area contributed by atoms with Gasteiger partial charge in [-0.2, -0.15) is 20.2 Å². The Morgan fingerprint density at radius 1 is 0.885 bits per heavy atom. The number of aromatic nitrogens is 3. The van der Waals surface area contributed by atoms with E-state index in [-0.39, 0.29) is 17.8 Å². The lowest BCUT2D eigenvalue weighted by atomic mass is 10.2. The quantitative estimate of drug-likeness (QED) is 0.572. The summed E-state index contributed by atoms with van der Waals surface area (Å²) in [7, 11) is 0. The lowest BCUT2D eigenvalue weighted by Gasteiger charge is -2.11.